The van der Waals surface area contributed by atoms with Crippen molar-refractivity contribution in [2.75, 3.05) is 0 Å². The van der Waals surface area contributed by atoms with Crippen molar-refractivity contribution in [2.24, 2.45) is 0 Å². The van der Waals surface area contributed by atoms with Gasteiger partial charge in [0.1, 0.15) is 6.04 Å². The Kier molecular flexibility index (Phi) is 3.54. The molecule has 1 saturated heterocycles. The van der Waals surface area contributed by atoms with Crippen LogP contribution in [0, 0.1) is 0 Å². The topological polar surface area (TPSA) is 58.2 Å². The minimum Gasteiger partial charge on any atom is -0.350 e. The van der Waals surface area contributed by atoms with Gasteiger partial charge in [0.2, 0.25) is 5.91 Å². The number of benzene rings is 1. The second-order valence-electron chi connectivity index (χ2n) is 3.65. The fraction of sp³-hybridized carbons (Fsp3) is 0.182. The molecule has 1 aromatic carbocycles. The van der Waals surface area contributed by atoms with Gasteiger partial charge in [-0.05, 0) is 24.4 Å². The molecule has 1 atom stereocenters. The summed E-state index contributed by atoms with van der Waals surface area (Å²) in [6, 6.07) is 6.47. The number of Topliss-reactive ketones (excluding diaryl/α,β-unsaturated/α-hetero) is 1. The third-order valence-electron chi connectivity index (χ3n) is 2.41. The van der Waals surface area contributed by atoms with Crippen molar-refractivity contribution in [3.63, 3.8) is 0 Å². The summed E-state index contributed by atoms with van der Waals surface area (Å²) in [5.41, 5.74) is 0.584. The van der Waals surface area contributed by atoms with Crippen molar-refractivity contribution in [3.05, 3.63) is 34.3 Å². The second kappa shape index (κ2) is 4.93. The van der Waals surface area contributed by atoms with Gasteiger partial charge < -0.3 is 10.6 Å². The van der Waals surface area contributed by atoms with E-state index in [-0.39, 0.29) is 23.2 Å². The Balaban J connectivity index is 2.04. The monoisotopic (exact) mass is 312 g/mol. The van der Waals surface area contributed by atoms with Crippen LogP contribution in [0.1, 0.15) is 16.8 Å². The molecule has 1 aliphatic rings. The van der Waals surface area contributed by atoms with Crippen LogP contribution < -0.4 is 10.6 Å². The van der Waals surface area contributed by atoms with Crippen molar-refractivity contribution in [3.8, 4) is 0 Å². The minimum absolute atomic E-state index is 0.0881. The van der Waals surface area contributed by atoms with E-state index in [1.165, 1.54) is 0 Å². The lowest BCUT2D eigenvalue weighted by molar-refractivity contribution is -0.120. The Morgan fingerprint density at radius 1 is 1.35 bits per heavy atom. The van der Waals surface area contributed by atoms with Crippen LogP contribution in [0.25, 0.3) is 0 Å². The van der Waals surface area contributed by atoms with Crippen molar-refractivity contribution in [1.29, 1.82) is 0 Å². The molecular weight excluding hydrogens is 304 g/mol. The smallest absolute Gasteiger partial charge is 0.249 e. The van der Waals surface area contributed by atoms with Crippen LogP contribution in [0.5, 0.6) is 0 Å². The first-order valence-corrected chi connectivity index (χ1v) is 6.16. The lowest BCUT2D eigenvalue weighted by atomic mass is 10.0. The Labute approximate surface area is 112 Å². The van der Waals surface area contributed by atoms with Crippen molar-refractivity contribution < 1.29 is 9.59 Å². The van der Waals surface area contributed by atoms with Crippen LogP contribution in [-0.2, 0) is 4.79 Å². The van der Waals surface area contributed by atoms with E-state index in [0.717, 1.165) is 4.47 Å². The van der Waals surface area contributed by atoms with E-state index in [4.69, 9.17) is 12.2 Å². The fourth-order valence-electron chi connectivity index (χ4n) is 1.54. The number of hydrogen-bond acceptors (Lipinski definition) is 3. The Hall–Kier alpha value is -1.27. The van der Waals surface area contributed by atoms with Gasteiger partial charge in [0.15, 0.2) is 10.9 Å². The van der Waals surface area contributed by atoms with Crippen molar-refractivity contribution >= 4 is 45.0 Å². The number of rotatable bonds is 3. The molecule has 0 aliphatic carbocycles. The molecule has 1 amide bonds. The molecule has 0 bridgehead atoms. The Morgan fingerprint density at radius 3 is 2.53 bits per heavy atom. The zero-order valence-electron chi connectivity index (χ0n) is 8.70. The molecule has 0 spiro atoms. The van der Waals surface area contributed by atoms with E-state index in [0.29, 0.717) is 5.56 Å². The van der Waals surface area contributed by atoms with Gasteiger partial charge in [-0.2, -0.15) is 0 Å². The van der Waals surface area contributed by atoms with Gasteiger partial charge >= 0.3 is 0 Å². The maximum Gasteiger partial charge on any atom is 0.249 e. The number of nitrogens with one attached hydrogen (secondary N) is 2. The van der Waals surface area contributed by atoms with Gasteiger partial charge in [-0.15, -0.1) is 0 Å². The maximum absolute atomic E-state index is 11.9. The van der Waals surface area contributed by atoms with Gasteiger partial charge in [-0.3, -0.25) is 9.59 Å². The summed E-state index contributed by atoms with van der Waals surface area (Å²) in [7, 11) is 0. The molecule has 1 heterocycles. The normalized spacial score (nSPS) is 18.8. The number of ketones is 1. The number of hydrogen-bond donors (Lipinski definition) is 2. The number of amides is 1. The highest BCUT2D eigenvalue weighted by Crippen LogP contribution is 2.13. The first-order chi connectivity index (χ1) is 8.06. The lowest BCUT2D eigenvalue weighted by Crippen LogP contribution is -2.31. The average molecular weight is 313 g/mol. The lowest BCUT2D eigenvalue weighted by Gasteiger charge is -2.06. The fourth-order valence-corrected chi connectivity index (χ4v) is 2.05. The van der Waals surface area contributed by atoms with Gasteiger partial charge in [0, 0.05) is 16.5 Å². The molecule has 2 rings (SSSR count). The van der Waals surface area contributed by atoms with Gasteiger partial charge in [-0.1, -0.05) is 28.1 Å². The highest BCUT2D eigenvalue weighted by molar-refractivity contribution is 9.10. The largest absolute Gasteiger partial charge is 0.350 e. The molecular formula is C11H9BrN2O2S. The van der Waals surface area contributed by atoms with E-state index in [9.17, 15) is 9.59 Å². The number of halogens is 1. The van der Waals surface area contributed by atoms with Gasteiger partial charge in [0.25, 0.3) is 0 Å². The number of carbonyl (C=O) groups is 2. The highest BCUT2D eigenvalue weighted by atomic mass is 79.9. The summed E-state index contributed by atoms with van der Waals surface area (Å²) in [6.07, 6.45) is 0.105. The van der Waals surface area contributed by atoms with Crippen molar-refractivity contribution in [2.45, 2.75) is 12.5 Å². The molecule has 17 heavy (non-hydrogen) atoms. The Morgan fingerprint density at radius 2 is 2.00 bits per heavy atom. The highest BCUT2D eigenvalue weighted by Gasteiger charge is 2.29. The standard InChI is InChI=1S/C11H9BrN2O2S/c12-7-3-1-6(2-4-7)9(15)5-8-10(16)14-11(17)13-8/h1-4,8H,5H2,(H2,13,14,16,17)/t8-/m0/s1. The van der Waals surface area contributed by atoms with Crippen LogP contribution >= 0.6 is 28.1 Å². The van der Waals surface area contributed by atoms with Crippen LogP contribution in [0.3, 0.4) is 0 Å². The van der Waals surface area contributed by atoms with Crippen molar-refractivity contribution in [1.82, 2.24) is 10.6 Å². The molecule has 0 aromatic heterocycles. The molecule has 6 heteroatoms. The van der Waals surface area contributed by atoms with Gasteiger partial charge in [-0.25, -0.2) is 0 Å². The first-order valence-electron chi connectivity index (χ1n) is 4.96. The SMILES string of the molecule is O=C(C[C@@H]1NC(=S)NC1=O)c1ccc(Br)cc1. The summed E-state index contributed by atoms with van der Waals surface area (Å²) in [5, 5.41) is 5.49. The molecule has 0 radical (unpaired) electrons. The predicted molar refractivity (Wildman–Crippen MR) is 70.8 cm³/mol. The molecule has 1 fully saturated rings. The molecule has 1 aromatic rings. The first kappa shape index (κ1) is 12.2. The summed E-state index contributed by atoms with van der Waals surface area (Å²) in [5.74, 6) is -0.338. The van der Waals surface area contributed by atoms with E-state index in [2.05, 4.69) is 26.6 Å². The molecule has 2 N–H and O–H groups in total. The molecule has 1 aliphatic heterocycles. The van der Waals surface area contributed by atoms with Crippen LogP contribution in [0.4, 0.5) is 0 Å². The zero-order valence-corrected chi connectivity index (χ0v) is 11.1. The van der Waals surface area contributed by atoms with Crippen LogP contribution in [-0.4, -0.2) is 22.8 Å². The summed E-state index contributed by atoms with van der Waals surface area (Å²) >= 11 is 8.09. The van der Waals surface area contributed by atoms with E-state index in [1.54, 1.807) is 24.3 Å². The predicted octanol–water partition coefficient (Wildman–Crippen LogP) is 1.39. The summed E-state index contributed by atoms with van der Waals surface area (Å²) in [4.78, 5) is 23.3. The van der Waals surface area contributed by atoms with E-state index in [1.807, 2.05) is 0 Å². The van der Waals surface area contributed by atoms with Crippen LogP contribution in [0.2, 0.25) is 0 Å². The van der Waals surface area contributed by atoms with Gasteiger partial charge in [0.05, 0.1) is 0 Å². The van der Waals surface area contributed by atoms with Crippen LogP contribution in [0.15, 0.2) is 28.7 Å². The molecule has 4 nitrogen and oxygen atoms in total. The molecule has 0 saturated carbocycles. The summed E-state index contributed by atoms with van der Waals surface area (Å²) in [6.45, 7) is 0. The average Bonchev–Trinajstić information content (AvgIpc) is 2.58. The summed E-state index contributed by atoms with van der Waals surface area (Å²) < 4.78 is 0.909. The third kappa shape index (κ3) is 2.89. The minimum atomic E-state index is -0.557. The molecule has 0 unspecified atom stereocenters. The zero-order chi connectivity index (χ0) is 12.4. The maximum atomic E-state index is 11.9. The number of thiocarbonyl (C=S) groups is 1. The third-order valence-corrected chi connectivity index (χ3v) is 3.16. The number of carbonyl (C=O) groups excluding carboxylic acids is 2. The Bertz CT molecular complexity index is 487. The van der Waals surface area contributed by atoms with E-state index < -0.39 is 6.04 Å². The second-order valence-corrected chi connectivity index (χ2v) is 4.97. The van der Waals surface area contributed by atoms with E-state index >= 15 is 0 Å². The molecule has 88 valence electrons. The quantitative estimate of drug-likeness (QED) is 0.654.